The van der Waals surface area contributed by atoms with Crippen molar-refractivity contribution in [3.05, 3.63) is 126 Å². The summed E-state index contributed by atoms with van der Waals surface area (Å²) in [4.78, 5) is 2.63. The van der Waals surface area contributed by atoms with Crippen molar-refractivity contribution in [3.63, 3.8) is 0 Å². The van der Waals surface area contributed by atoms with Gasteiger partial charge in [-0.15, -0.1) is 0 Å². The standard InChI is InChI=1S/C26H25As3/c1-2-4-15-23-28(25-18-10-6-11-19-25)29(26-20-12-7-13-21-26)27(22-14-3-1)24-16-8-5-9-17-24/h1-14,16-22H,15,23H2/b3-1?,4-2?,22-14+. The zero-order valence-corrected chi connectivity index (χ0v) is 22.0. The Morgan fingerprint density at radius 1 is 0.517 bits per heavy atom. The third kappa shape index (κ3) is 5.58. The molecule has 3 aromatic rings. The van der Waals surface area contributed by atoms with Gasteiger partial charge in [-0.05, 0) is 0 Å². The van der Waals surface area contributed by atoms with Crippen LogP contribution in [-0.2, 0) is 0 Å². The predicted octanol–water partition coefficient (Wildman–Crippen LogP) is 3.96. The van der Waals surface area contributed by atoms with Gasteiger partial charge < -0.3 is 0 Å². The molecule has 29 heavy (non-hydrogen) atoms. The first-order valence-corrected chi connectivity index (χ1v) is 25.6. The molecular weight excluding hydrogens is 537 g/mol. The average molecular weight is 562 g/mol. The minimum atomic E-state index is -1.33. The van der Waals surface area contributed by atoms with E-state index in [2.05, 4.69) is 126 Å². The van der Waals surface area contributed by atoms with E-state index in [-0.39, 0.29) is 0 Å². The van der Waals surface area contributed by atoms with Crippen LogP contribution in [0.3, 0.4) is 0 Å². The molecule has 0 radical (unpaired) electrons. The van der Waals surface area contributed by atoms with Crippen molar-refractivity contribution in [2.75, 3.05) is 0 Å². The minimum absolute atomic E-state index is 1.20. The molecule has 0 spiro atoms. The van der Waals surface area contributed by atoms with Gasteiger partial charge >= 0.3 is 187 Å². The maximum absolute atomic E-state index is 2.63. The summed E-state index contributed by atoms with van der Waals surface area (Å²) in [5, 5.41) is 1.38. The molecule has 4 rings (SSSR count). The van der Waals surface area contributed by atoms with Crippen molar-refractivity contribution in [2.45, 2.75) is 11.6 Å². The van der Waals surface area contributed by atoms with E-state index in [1.165, 1.54) is 11.6 Å². The number of hydrogen-bond acceptors (Lipinski definition) is 0. The van der Waals surface area contributed by atoms with Gasteiger partial charge in [0.05, 0.1) is 0 Å². The summed E-state index contributed by atoms with van der Waals surface area (Å²) in [6, 6.07) is 34.5. The van der Waals surface area contributed by atoms with E-state index in [0.29, 0.717) is 0 Å². The first-order chi connectivity index (χ1) is 14.4. The van der Waals surface area contributed by atoms with E-state index >= 15 is 0 Å². The molecule has 1 aliphatic heterocycles. The van der Waals surface area contributed by atoms with Gasteiger partial charge in [-0.3, -0.25) is 0 Å². The van der Waals surface area contributed by atoms with E-state index < -0.39 is 35.7 Å². The van der Waals surface area contributed by atoms with Crippen LogP contribution in [0.4, 0.5) is 0 Å². The van der Waals surface area contributed by atoms with Gasteiger partial charge in [-0.1, -0.05) is 0 Å². The molecule has 3 atom stereocenters. The summed E-state index contributed by atoms with van der Waals surface area (Å²) < 4.78 is 4.98. The fourth-order valence-corrected chi connectivity index (χ4v) is 69.5. The second kappa shape index (κ2) is 11.1. The third-order valence-corrected chi connectivity index (χ3v) is 60.4. The summed E-state index contributed by atoms with van der Waals surface area (Å²) >= 11 is -2.54. The van der Waals surface area contributed by atoms with Gasteiger partial charge in [0.15, 0.2) is 0 Å². The van der Waals surface area contributed by atoms with Crippen LogP contribution < -0.4 is 13.1 Å². The van der Waals surface area contributed by atoms with Crippen LogP contribution in [0.5, 0.6) is 0 Å². The Balaban J connectivity index is 1.88. The molecule has 0 saturated heterocycles. The molecule has 0 aliphatic carbocycles. The molecule has 3 aromatic carbocycles. The van der Waals surface area contributed by atoms with E-state index in [1.807, 2.05) is 0 Å². The molecule has 1 aliphatic rings. The number of hydrogen-bond donors (Lipinski definition) is 0. The zero-order valence-electron chi connectivity index (χ0n) is 16.4. The predicted molar refractivity (Wildman–Crippen MR) is 132 cm³/mol. The first kappa shape index (κ1) is 20.8. The van der Waals surface area contributed by atoms with Crippen LogP contribution in [0.2, 0.25) is 5.21 Å². The average Bonchev–Trinajstić information content (AvgIpc) is 2.84. The second-order valence-electron chi connectivity index (χ2n) is 6.71. The summed E-state index contributed by atoms with van der Waals surface area (Å²) in [5.74, 6) is 0. The Bertz CT molecular complexity index is 963. The second-order valence-corrected chi connectivity index (χ2v) is 42.3. The van der Waals surface area contributed by atoms with Crippen LogP contribution in [0.25, 0.3) is 0 Å². The van der Waals surface area contributed by atoms with Gasteiger partial charge in [-0.2, -0.15) is 0 Å². The Labute approximate surface area is 185 Å². The maximum atomic E-state index is 2.63. The SMILES string of the molecule is C1=C/C=C/[As](c2ccccc2)[As](c2ccccc2)[As](c2ccccc2)CCC=C1. The molecule has 0 saturated carbocycles. The summed E-state index contributed by atoms with van der Waals surface area (Å²) in [5.41, 5.74) is 0. The number of benzene rings is 3. The summed E-state index contributed by atoms with van der Waals surface area (Å²) in [6.07, 6.45) is 12.6. The summed E-state index contributed by atoms with van der Waals surface area (Å²) in [7, 11) is -1.27. The molecule has 3 unspecified atom stereocenters. The van der Waals surface area contributed by atoms with Crippen LogP contribution in [-0.4, -0.2) is 35.7 Å². The molecule has 144 valence electrons. The Morgan fingerprint density at radius 2 is 1.07 bits per heavy atom. The molecular formula is C26H25As3. The van der Waals surface area contributed by atoms with E-state index in [4.69, 9.17) is 0 Å². The topological polar surface area (TPSA) is 0 Å². The van der Waals surface area contributed by atoms with Crippen molar-refractivity contribution in [2.24, 2.45) is 0 Å². The molecule has 1 heterocycles. The van der Waals surface area contributed by atoms with Gasteiger partial charge in [0.2, 0.25) is 0 Å². The van der Waals surface area contributed by atoms with Crippen molar-refractivity contribution in [3.8, 4) is 0 Å². The molecule has 0 fully saturated rings. The van der Waals surface area contributed by atoms with Crippen molar-refractivity contribution in [1.29, 1.82) is 0 Å². The molecule has 0 amide bonds. The normalized spacial score (nSPS) is 23.2. The van der Waals surface area contributed by atoms with Crippen molar-refractivity contribution in [1.82, 2.24) is 0 Å². The molecule has 3 heteroatoms. The molecule has 0 N–H and O–H groups in total. The van der Waals surface area contributed by atoms with Crippen LogP contribution in [0.15, 0.2) is 126 Å². The summed E-state index contributed by atoms with van der Waals surface area (Å²) in [6.45, 7) is 0. The van der Waals surface area contributed by atoms with Gasteiger partial charge in [-0.25, -0.2) is 0 Å². The van der Waals surface area contributed by atoms with Gasteiger partial charge in [0.25, 0.3) is 0 Å². The Hall–Kier alpha value is -1.44. The Morgan fingerprint density at radius 3 is 1.72 bits per heavy atom. The van der Waals surface area contributed by atoms with E-state index in [1.54, 1.807) is 13.1 Å². The van der Waals surface area contributed by atoms with Gasteiger partial charge in [0.1, 0.15) is 0 Å². The van der Waals surface area contributed by atoms with E-state index in [9.17, 15) is 0 Å². The fraction of sp³-hybridized carbons (Fsp3) is 0.0769. The first-order valence-electron chi connectivity index (χ1n) is 9.95. The van der Waals surface area contributed by atoms with Crippen LogP contribution >= 0.6 is 0 Å². The van der Waals surface area contributed by atoms with Crippen molar-refractivity contribution < 1.29 is 0 Å². The van der Waals surface area contributed by atoms with Gasteiger partial charge in [0, 0.05) is 0 Å². The van der Waals surface area contributed by atoms with Crippen LogP contribution in [0.1, 0.15) is 6.42 Å². The third-order valence-electron chi connectivity index (χ3n) is 4.70. The van der Waals surface area contributed by atoms with Crippen molar-refractivity contribution >= 4 is 48.7 Å². The fourth-order valence-electron chi connectivity index (χ4n) is 3.35. The van der Waals surface area contributed by atoms with E-state index in [0.717, 1.165) is 0 Å². The quantitative estimate of drug-likeness (QED) is 0.425. The Kier molecular flexibility index (Phi) is 7.96. The molecule has 0 aromatic heterocycles. The molecule has 0 nitrogen and oxygen atoms in total. The number of rotatable bonds is 3. The zero-order chi connectivity index (χ0) is 19.7. The van der Waals surface area contributed by atoms with Crippen LogP contribution in [0, 0.1) is 0 Å². The molecule has 0 bridgehead atoms. The number of allylic oxidation sites excluding steroid dienone is 5. The monoisotopic (exact) mass is 562 g/mol.